The maximum atomic E-state index is 10.7. The highest BCUT2D eigenvalue weighted by molar-refractivity contribution is 5.69. The van der Waals surface area contributed by atoms with Crippen LogP contribution in [-0.4, -0.2) is 36.7 Å². The molecule has 0 saturated carbocycles. The summed E-state index contributed by atoms with van der Waals surface area (Å²) in [7, 11) is 3.55. The Balaban J connectivity index is 2.55. The van der Waals surface area contributed by atoms with Crippen molar-refractivity contribution in [3.63, 3.8) is 0 Å². The lowest BCUT2D eigenvalue weighted by Crippen LogP contribution is -2.28. The first kappa shape index (κ1) is 13.5. The number of methoxy groups -OCH3 is 1. The third-order valence-electron chi connectivity index (χ3n) is 2.59. The first-order valence-electron chi connectivity index (χ1n) is 5.57. The van der Waals surface area contributed by atoms with Crippen LogP contribution in [0.25, 0.3) is 0 Å². The minimum atomic E-state index is -0.762. The van der Waals surface area contributed by atoms with Crippen LogP contribution in [0, 0.1) is 5.92 Å². The van der Waals surface area contributed by atoms with E-state index in [4.69, 9.17) is 9.84 Å². The fourth-order valence-corrected chi connectivity index (χ4v) is 1.69. The number of benzene rings is 1. The van der Waals surface area contributed by atoms with E-state index in [1.807, 2.05) is 36.2 Å². The summed E-state index contributed by atoms with van der Waals surface area (Å²) in [4.78, 5) is 12.7. The van der Waals surface area contributed by atoms with E-state index in [-0.39, 0.29) is 5.92 Å². The Labute approximate surface area is 102 Å². The van der Waals surface area contributed by atoms with E-state index in [9.17, 15) is 4.79 Å². The molecule has 0 amide bonds. The lowest BCUT2D eigenvalue weighted by atomic mass is 10.1. The molecule has 0 aliphatic heterocycles. The summed E-state index contributed by atoms with van der Waals surface area (Å²) in [6.07, 6.45) is 0. The van der Waals surface area contributed by atoms with E-state index in [1.165, 1.54) is 0 Å². The number of ether oxygens (including phenoxy) is 1. The fourth-order valence-electron chi connectivity index (χ4n) is 1.69. The summed E-state index contributed by atoms with van der Waals surface area (Å²) in [5, 5.41) is 8.83. The van der Waals surface area contributed by atoms with E-state index >= 15 is 0 Å². The van der Waals surface area contributed by atoms with Crippen LogP contribution in [0.5, 0.6) is 5.75 Å². The SMILES string of the molecule is COc1cccc(CN(C)CC(C)C(=O)O)c1. The first-order chi connectivity index (χ1) is 8.02. The highest BCUT2D eigenvalue weighted by Gasteiger charge is 2.13. The molecule has 0 aliphatic rings. The zero-order valence-corrected chi connectivity index (χ0v) is 10.5. The maximum absolute atomic E-state index is 10.7. The molecule has 1 rings (SSSR count). The molecule has 0 spiro atoms. The van der Waals surface area contributed by atoms with E-state index in [2.05, 4.69) is 0 Å². The summed E-state index contributed by atoms with van der Waals surface area (Å²) < 4.78 is 5.14. The summed E-state index contributed by atoms with van der Waals surface area (Å²) in [5.41, 5.74) is 1.12. The van der Waals surface area contributed by atoms with Gasteiger partial charge in [0.15, 0.2) is 0 Å². The quantitative estimate of drug-likeness (QED) is 0.820. The average molecular weight is 237 g/mol. The van der Waals surface area contributed by atoms with Gasteiger partial charge in [-0.3, -0.25) is 4.79 Å². The van der Waals surface area contributed by atoms with Gasteiger partial charge in [0.05, 0.1) is 13.0 Å². The Morgan fingerprint density at radius 3 is 2.82 bits per heavy atom. The summed E-state index contributed by atoms with van der Waals surface area (Å²) >= 11 is 0. The number of hydrogen-bond donors (Lipinski definition) is 1. The molecule has 0 fully saturated rings. The van der Waals surface area contributed by atoms with Crippen molar-refractivity contribution in [1.29, 1.82) is 0 Å². The molecule has 1 aromatic rings. The third-order valence-corrected chi connectivity index (χ3v) is 2.59. The standard InChI is InChI=1S/C13H19NO3/c1-10(13(15)16)8-14(2)9-11-5-4-6-12(7-11)17-3/h4-7,10H,8-9H2,1-3H3,(H,15,16). The monoisotopic (exact) mass is 237 g/mol. The molecule has 0 saturated heterocycles. The van der Waals surface area contributed by atoms with Crippen LogP contribution in [0.15, 0.2) is 24.3 Å². The normalized spacial score (nSPS) is 12.5. The predicted octanol–water partition coefficient (Wildman–Crippen LogP) is 1.85. The van der Waals surface area contributed by atoms with Crippen LogP contribution in [0.4, 0.5) is 0 Å². The molecule has 1 unspecified atom stereocenters. The summed E-state index contributed by atoms with van der Waals surface area (Å²) in [6, 6.07) is 7.79. The topological polar surface area (TPSA) is 49.8 Å². The number of aliphatic carboxylic acids is 1. The van der Waals surface area contributed by atoms with Crippen molar-refractivity contribution < 1.29 is 14.6 Å². The number of rotatable bonds is 6. The van der Waals surface area contributed by atoms with Crippen LogP contribution in [-0.2, 0) is 11.3 Å². The van der Waals surface area contributed by atoms with Crippen molar-refractivity contribution in [2.24, 2.45) is 5.92 Å². The van der Waals surface area contributed by atoms with Crippen molar-refractivity contribution in [3.05, 3.63) is 29.8 Å². The number of carbonyl (C=O) groups is 1. The van der Waals surface area contributed by atoms with Gasteiger partial charge >= 0.3 is 5.97 Å². The van der Waals surface area contributed by atoms with Crippen LogP contribution < -0.4 is 4.74 Å². The van der Waals surface area contributed by atoms with Gasteiger partial charge in [0, 0.05) is 13.1 Å². The highest BCUT2D eigenvalue weighted by atomic mass is 16.5. The average Bonchev–Trinajstić information content (AvgIpc) is 2.28. The first-order valence-corrected chi connectivity index (χ1v) is 5.57. The molecule has 0 radical (unpaired) electrons. The number of nitrogens with zero attached hydrogens (tertiary/aromatic N) is 1. The Morgan fingerprint density at radius 2 is 2.24 bits per heavy atom. The van der Waals surface area contributed by atoms with E-state index in [0.717, 1.165) is 17.9 Å². The molecular weight excluding hydrogens is 218 g/mol. The van der Waals surface area contributed by atoms with E-state index in [1.54, 1.807) is 14.0 Å². The largest absolute Gasteiger partial charge is 0.497 e. The lowest BCUT2D eigenvalue weighted by Gasteiger charge is -2.19. The molecule has 1 N–H and O–H groups in total. The molecule has 94 valence electrons. The summed E-state index contributed by atoms with van der Waals surface area (Å²) in [6.45, 7) is 2.96. The van der Waals surface area contributed by atoms with Gasteiger partial charge in [0.2, 0.25) is 0 Å². The second-order valence-corrected chi connectivity index (χ2v) is 4.29. The smallest absolute Gasteiger partial charge is 0.307 e. The van der Waals surface area contributed by atoms with Gasteiger partial charge in [-0.1, -0.05) is 19.1 Å². The van der Waals surface area contributed by atoms with Crippen molar-refractivity contribution in [2.75, 3.05) is 20.7 Å². The number of hydrogen-bond acceptors (Lipinski definition) is 3. The zero-order valence-electron chi connectivity index (χ0n) is 10.5. The van der Waals surface area contributed by atoms with E-state index < -0.39 is 5.97 Å². The molecule has 1 atom stereocenters. The molecule has 17 heavy (non-hydrogen) atoms. The van der Waals surface area contributed by atoms with Gasteiger partial charge in [-0.05, 0) is 24.7 Å². The van der Waals surface area contributed by atoms with Crippen molar-refractivity contribution >= 4 is 5.97 Å². The van der Waals surface area contributed by atoms with Crippen molar-refractivity contribution in [3.8, 4) is 5.75 Å². The predicted molar refractivity (Wildman–Crippen MR) is 66.1 cm³/mol. The highest BCUT2D eigenvalue weighted by Crippen LogP contribution is 2.14. The zero-order chi connectivity index (χ0) is 12.8. The molecule has 0 heterocycles. The van der Waals surface area contributed by atoms with Gasteiger partial charge in [0.1, 0.15) is 5.75 Å². The van der Waals surface area contributed by atoms with Gasteiger partial charge < -0.3 is 14.7 Å². The third kappa shape index (κ3) is 4.44. The fraction of sp³-hybridized carbons (Fsp3) is 0.462. The molecule has 4 nitrogen and oxygen atoms in total. The number of carboxylic acid groups (broad SMARTS) is 1. The van der Waals surface area contributed by atoms with Crippen LogP contribution in [0.2, 0.25) is 0 Å². The Kier molecular flexibility index (Phi) is 4.97. The molecular formula is C13H19NO3. The lowest BCUT2D eigenvalue weighted by molar-refractivity contribution is -0.141. The number of carboxylic acids is 1. The minimum Gasteiger partial charge on any atom is -0.497 e. The van der Waals surface area contributed by atoms with Crippen LogP contribution >= 0.6 is 0 Å². The van der Waals surface area contributed by atoms with Gasteiger partial charge in [-0.15, -0.1) is 0 Å². The summed E-state index contributed by atoms with van der Waals surface area (Å²) in [5.74, 6) is -0.296. The van der Waals surface area contributed by atoms with Gasteiger partial charge in [0.25, 0.3) is 0 Å². The van der Waals surface area contributed by atoms with Crippen molar-refractivity contribution in [2.45, 2.75) is 13.5 Å². The Morgan fingerprint density at radius 1 is 1.53 bits per heavy atom. The van der Waals surface area contributed by atoms with Crippen LogP contribution in [0.3, 0.4) is 0 Å². The second kappa shape index (κ2) is 6.25. The molecule has 4 heteroatoms. The Hall–Kier alpha value is -1.55. The minimum absolute atomic E-state index is 0.356. The van der Waals surface area contributed by atoms with Gasteiger partial charge in [-0.25, -0.2) is 0 Å². The molecule has 0 bridgehead atoms. The maximum Gasteiger partial charge on any atom is 0.307 e. The molecule has 0 aromatic heterocycles. The Bertz CT molecular complexity index is 379. The second-order valence-electron chi connectivity index (χ2n) is 4.29. The van der Waals surface area contributed by atoms with Gasteiger partial charge in [-0.2, -0.15) is 0 Å². The van der Waals surface area contributed by atoms with Crippen molar-refractivity contribution in [1.82, 2.24) is 4.90 Å². The van der Waals surface area contributed by atoms with E-state index in [0.29, 0.717) is 6.54 Å². The molecule has 1 aromatic carbocycles. The van der Waals surface area contributed by atoms with Crippen LogP contribution in [0.1, 0.15) is 12.5 Å². The molecule has 0 aliphatic carbocycles.